The lowest BCUT2D eigenvalue weighted by molar-refractivity contribution is -0.914. The number of aromatic nitrogens is 1. The first-order chi connectivity index (χ1) is 14.5. The van der Waals surface area contributed by atoms with Gasteiger partial charge < -0.3 is 18.8 Å². The number of rotatable bonds is 7. The van der Waals surface area contributed by atoms with E-state index in [0.717, 1.165) is 74.8 Å². The molecule has 0 radical (unpaired) electrons. The second-order valence-corrected chi connectivity index (χ2v) is 9.25. The zero-order valence-corrected chi connectivity index (χ0v) is 17.8. The van der Waals surface area contributed by atoms with Gasteiger partial charge in [-0.1, -0.05) is 48.3 Å². The van der Waals surface area contributed by atoms with E-state index in [0.29, 0.717) is 5.56 Å². The molecule has 0 spiro atoms. The second kappa shape index (κ2) is 8.90. The first-order valence-corrected chi connectivity index (χ1v) is 11.2. The molecule has 1 unspecified atom stereocenters. The number of hydrogen-bond acceptors (Lipinski definition) is 5. The molecule has 1 aromatic carbocycles. The van der Waals surface area contributed by atoms with Crippen molar-refractivity contribution in [3.8, 4) is 0 Å². The van der Waals surface area contributed by atoms with Gasteiger partial charge in [0.2, 0.25) is 0 Å². The molecule has 0 amide bonds. The Kier molecular flexibility index (Phi) is 6.25. The molecule has 6 nitrogen and oxygen atoms in total. The second-order valence-electron chi connectivity index (χ2n) is 9.25. The molecule has 1 aliphatic carbocycles. The Morgan fingerprint density at radius 2 is 1.87 bits per heavy atom. The largest absolute Gasteiger partial charge is 0.460 e. The Balaban J connectivity index is 1.38. The Labute approximate surface area is 178 Å². The molecule has 2 heterocycles. The predicted octanol–water partition coefficient (Wildman–Crippen LogP) is 3.45. The first kappa shape index (κ1) is 21.1. The zero-order valence-electron chi connectivity index (χ0n) is 17.8. The topological polar surface area (TPSA) is 72.6 Å². The number of carbonyl (C=O) groups excluding carboxylic acids is 1. The van der Waals surface area contributed by atoms with Crippen molar-refractivity contribution < 1.29 is 23.6 Å². The van der Waals surface area contributed by atoms with E-state index < -0.39 is 11.6 Å². The molecule has 1 atom stereocenters. The molecular formula is C24H33N2O4+. The van der Waals surface area contributed by atoms with Gasteiger partial charge >= 0.3 is 5.97 Å². The number of likely N-dealkylation sites (tertiary alicyclic amines) is 1. The van der Waals surface area contributed by atoms with Crippen LogP contribution in [0.2, 0.25) is 0 Å². The van der Waals surface area contributed by atoms with Crippen molar-refractivity contribution in [2.75, 3.05) is 26.7 Å². The van der Waals surface area contributed by atoms with Crippen LogP contribution in [0.1, 0.15) is 49.8 Å². The summed E-state index contributed by atoms with van der Waals surface area (Å²) in [5.41, 5.74) is 0.0960. The Morgan fingerprint density at radius 1 is 1.17 bits per heavy atom. The van der Waals surface area contributed by atoms with E-state index >= 15 is 0 Å². The standard InChI is InChI=1S/C24H33N2O4/c1-26(15-11-21-14-18-29-25-21)16-12-22(13-17-26)30-23(27)24(28,20-9-5-6-10-20)19-7-3-2-4-8-19/h2-4,7-8,14,18,20,22,28H,5-6,9-13,15-17H2,1H3/q+1. The minimum absolute atomic E-state index is 0.0699. The third kappa shape index (κ3) is 4.44. The quantitative estimate of drug-likeness (QED) is 0.556. The van der Waals surface area contributed by atoms with Crippen LogP contribution in [0.15, 0.2) is 47.2 Å². The molecule has 6 heteroatoms. The third-order valence-electron chi connectivity index (χ3n) is 7.13. The van der Waals surface area contributed by atoms with Crippen LogP contribution >= 0.6 is 0 Å². The van der Waals surface area contributed by atoms with Gasteiger partial charge in [0, 0.05) is 31.2 Å². The highest BCUT2D eigenvalue weighted by atomic mass is 16.6. The van der Waals surface area contributed by atoms with Crippen molar-refractivity contribution in [1.82, 2.24) is 5.16 Å². The molecule has 2 aliphatic rings. The van der Waals surface area contributed by atoms with Crippen LogP contribution in [-0.4, -0.2) is 53.5 Å². The number of aliphatic hydroxyl groups is 1. The van der Waals surface area contributed by atoms with Crippen LogP contribution in [0.4, 0.5) is 0 Å². The molecule has 4 rings (SSSR count). The minimum atomic E-state index is -1.54. The van der Waals surface area contributed by atoms with Gasteiger partial charge in [0.05, 0.1) is 32.4 Å². The Hall–Kier alpha value is -2.18. The molecule has 1 saturated carbocycles. The van der Waals surface area contributed by atoms with Gasteiger partial charge in [-0.3, -0.25) is 0 Å². The zero-order chi connectivity index (χ0) is 21.0. The van der Waals surface area contributed by atoms with Crippen LogP contribution in [0.5, 0.6) is 0 Å². The fourth-order valence-electron chi connectivity index (χ4n) is 5.06. The number of esters is 1. The summed E-state index contributed by atoms with van der Waals surface area (Å²) < 4.78 is 11.8. The Morgan fingerprint density at radius 3 is 2.50 bits per heavy atom. The highest BCUT2D eigenvalue weighted by molar-refractivity contribution is 5.81. The van der Waals surface area contributed by atoms with Crippen molar-refractivity contribution in [2.45, 2.75) is 56.7 Å². The van der Waals surface area contributed by atoms with Gasteiger partial charge in [-0.05, 0) is 18.4 Å². The highest BCUT2D eigenvalue weighted by Crippen LogP contribution is 2.42. The maximum Gasteiger partial charge on any atom is 0.343 e. The molecule has 2 aromatic rings. The van der Waals surface area contributed by atoms with Crippen molar-refractivity contribution in [2.24, 2.45) is 5.92 Å². The molecule has 30 heavy (non-hydrogen) atoms. The Bertz CT molecular complexity index is 809. The summed E-state index contributed by atoms with van der Waals surface area (Å²) in [6.07, 6.45) is 7.83. The van der Waals surface area contributed by atoms with E-state index in [9.17, 15) is 9.90 Å². The molecule has 1 aromatic heterocycles. The summed E-state index contributed by atoms with van der Waals surface area (Å²) in [7, 11) is 2.25. The number of likely N-dealkylation sites (N-methyl/N-ethyl adjacent to an activating group) is 1. The summed E-state index contributed by atoms with van der Waals surface area (Å²) in [5.74, 6) is -0.538. The summed E-state index contributed by atoms with van der Waals surface area (Å²) in [6.45, 7) is 2.88. The first-order valence-electron chi connectivity index (χ1n) is 11.2. The van der Waals surface area contributed by atoms with E-state index in [1.165, 1.54) is 0 Å². The predicted molar refractivity (Wildman–Crippen MR) is 112 cm³/mol. The summed E-state index contributed by atoms with van der Waals surface area (Å²) >= 11 is 0. The van der Waals surface area contributed by atoms with E-state index in [-0.39, 0.29) is 12.0 Å². The third-order valence-corrected chi connectivity index (χ3v) is 7.13. The SMILES string of the molecule is C[N+]1(CCc2ccon2)CCC(OC(=O)C(O)(c2ccccc2)C2CCCC2)CC1. The average Bonchev–Trinajstić information content (AvgIpc) is 3.49. The van der Waals surface area contributed by atoms with Crippen molar-refractivity contribution in [1.29, 1.82) is 0 Å². The van der Waals surface area contributed by atoms with Crippen molar-refractivity contribution in [3.05, 3.63) is 53.9 Å². The van der Waals surface area contributed by atoms with Gasteiger partial charge in [-0.2, -0.15) is 0 Å². The fourth-order valence-corrected chi connectivity index (χ4v) is 5.06. The number of carbonyl (C=O) groups is 1. The maximum atomic E-state index is 13.3. The van der Waals surface area contributed by atoms with Crippen LogP contribution in [0.25, 0.3) is 0 Å². The van der Waals surface area contributed by atoms with Crippen LogP contribution in [-0.2, 0) is 21.6 Å². The van der Waals surface area contributed by atoms with Gasteiger partial charge in [0.15, 0.2) is 5.60 Å². The van der Waals surface area contributed by atoms with E-state index in [1.54, 1.807) is 6.26 Å². The van der Waals surface area contributed by atoms with Crippen molar-refractivity contribution in [3.63, 3.8) is 0 Å². The van der Waals surface area contributed by atoms with E-state index in [1.807, 2.05) is 36.4 Å². The molecular weight excluding hydrogens is 380 g/mol. The maximum absolute atomic E-state index is 13.3. The summed E-state index contributed by atoms with van der Waals surface area (Å²) in [5, 5.41) is 15.6. The normalized spacial score (nSPS) is 26.9. The molecule has 1 aliphatic heterocycles. The van der Waals surface area contributed by atoms with Crippen LogP contribution in [0.3, 0.4) is 0 Å². The number of nitrogens with zero attached hydrogens (tertiary/aromatic N) is 2. The number of ether oxygens (including phenoxy) is 1. The molecule has 1 saturated heterocycles. The van der Waals surface area contributed by atoms with Crippen LogP contribution in [0, 0.1) is 5.92 Å². The fraction of sp³-hybridized carbons (Fsp3) is 0.583. The number of quaternary nitrogens is 1. The van der Waals surface area contributed by atoms with Gasteiger partial charge in [0.1, 0.15) is 12.4 Å². The summed E-state index contributed by atoms with van der Waals surface area (Å²) in [4.78, 5) is 13.3. The average molecular weight is 414 g/mol. The molecule has 2 fully saturated rings. The molecule has 162 valence electrons. The highest BCUT2D eigenvalue weighted by Gasteiger charge is 2.49. The number of benzene rings is 1. The number of hydrogen-bond donors (Lipinski definition) is 1. The summed E-state index contributed by atoms with van der Waals surface area (Å²) in [6, 6.07) is 11.3. The van der Waals surface area contributed by atoms with Crippen molar-refractivity contribution >= 4 is 5.97 Å². The number of piperidine rings is 1. The van der Waals surface area contributed by atoms with E-state index in [4.69, 9.17) is 9.26 Å². The molecule has 0 bridgehead atoms. The lowest BCUT2D eigenvalue weighted by atomic mass is 9.80. The van der Waals surface area contributed by atoms with E-state index in [2.05, 4.69) is 12.2 Å². The molecule has 1 N–H and O–H groups in total. The lowest BCUT2D eigenvalue weighted by Crippen LogP contribution is -2.53. The monoisotopic (exact) mass is 413 g/mol. The van der Waals surface area contributed by atoms with Crippen LogP contribution < -0.4 is 0 Å². The smallest absolute Gasteiger partial charge is 0.343 e. The minimum Gasteiger partial charge on any atom is -0.460 e. The van der Waals surface area contributed by atoms with Gasteiger partial charge in [-0.15, -0.1) is 0 Å². The van der Waals surface area contributed by atoms with Gasteiger partial charge in [-0.25, -0.2) is 4.79 Å². The van der Waals surface area contributed by atoms with Gasteiger partial charge in [0.25, 0.3) is 0 Å². The lowest BCUT2D eigenvalue weighted by Gasteiger charge is -2.41.